The summed E-state index contributed by atoms with van der Waals surface area (Å²) in [4.78, 5) is 12.1. The summed E-state index contributed by atoms with van der Waals surface area (Å²) < 4.78 is 39.0. The SMILES string of the molecule is O=C(NC1CCCCC1C(F)(F)F)c1ccc(CBr)cc1. The lowest BCUT2D eigenvalue weighted by molar-refractivity contribution is -0.187. The highest BCUT2D eigenvalue weighted by Gasteiger charge is 2.45. The fraction of sp³-hybridized carbons (Fsp3) is 0.533. The molecule has 2 atom stereocenters. The normalized spacial score (nSPS) is 22.9. The molecule has 2 rings (SSSR count). The molecule has 2 nitrogen and oxygen atoms in total. The van der Waals surface area contributed by atoms with Crippen LogP contribution in [0.3, 0.4) is 0 Å². The van der Waals surface area contributed by atoms with E-state index in [0.29, 0.717) is 23.7 Å². The van der Waals surface area contributed by atoms with Crippen LogP contribution >= 0.6 is 15.9 Å². The van der Waals surface area contributed by atoms with Gasteiger partial charge in [-0.25, -0.2) is 0 Å². The molecule has 21 heavy (non-hydrogen) atoms. The number of nitrogens with one attached hydrogen (secondary N) is 1. The first-order valence-corrected chi connectivity index (χ1v) is 8.06. The van der Waals surface area contributed by atoms with Gasteiger partial charge in [0, 0.05) is 16.9 Å². The Bertz CT molecular complexity index is 487. The van der Waals surface area contributed by atoms with Crippen molar-refractivity contribution in [3.05, 3.63) is 35.4 Å². The third-order valence-corrected chi connectivity index (χ3v) is 4.52. The minimum Gasteiger partial charge on any atom is -0.349 e. The van der Waals surface area contributed by atoms with E-state index in [4.69, 9.17) is 0 Å². The molecule has 1 aromatic carbocycles. The smallest absolute Gasteiger partial charge is 0.349 e. The number of carbonyl (C=O) groups excluding carboxylic acids is 1. The Morgan fingerprint density at radius 3 is 2.38 bits per heavy atom. The summed E-state index contributed by atoms with van der Waals surface area (Å²) in [5.74, 6) is -1.87. The van der Waals surface area contributed by atoms with Gasteiger partial charge in [-0.2, -0.15) is 13.2 Å². The third kappa shape index (κ3) is 4.22. The lowest BCUT2D eigenvalue weighted by atomic mass is 9.84. The van der Waals surface area contributed by atoms with Crippen LogP contribution < -0.4 is 5.32 Å². The number of benzene rings is 1. The average Bonchev–Trinajstić information content (AvgIpc) is 2.47. The minimum atomic E-state index is -4.25. The molecule has 1 aliphatic rings. The number of halogens is 4. The van der Waals surface area contributed by atoms with Gasteiger partial charge in [0.15, 0.2) is 0 Å². The number of hydrogen-bond acceptors (Lipinski definition) is 1. The molecule has 0 saturated heterocycles. The van der Waals surface area contributed by atoms with Crippen LogP contribution in [-0.2, 0) is 5.33 Å². The molecule has 0 aliphatic heterocycles. The zero-order chi connectivity index (χ0) is 15.5. The molecule has 0 radical (unpaired) electrons. The number of amides is 1. The topological polar surface area (TPSA) is 29.1 Å². The van der Waals surface area contributed by atoms with E-state index in [1.807, 2.05) is 0 Å². The maximum Gasteiger partial charge on any atom is 0.393 e. The Labute approximate surface area is 130 Å². The van der Waals surface area contributed by atoms with E-state index in [9.17, 15) is 18.0 Å². The van der Waals surface area contributed by atoms with Crippen LogP contribution in [0.25, 0.3) is 0 Å². The molecule has 0 heterocycles. The largest absolute Gasteiger partial charge is 0.393 e. The van der Waals surface area contributed by atoms with Gasteiger partial charge < -0.3 is 5.32 Å². The summed E-state index contributed by atoms with van der Waals surface area (Å²) in [6, 6.07) is 6.02. The van der Waals surface area contributed by atoms with E-state index in [1.165, 1.54) is 0 Å². The van der Waals surface area contributed by atoms with Crippen molar-refractivity contribution in [2.75, 3.05) is 0 Å². The standard InChI is InChI=1S/C15H17BrF3NO/c16-9-10-5-7-11(8-6-10)14(21)20-13-4-2-1-3-12(13)15(17,18)19/h5-8,12-13H,1-4,9H2,(H,20,21). The molecular weight excluding hydrogens is 347 g/mol. The second-order valence-electron chi connectivity index (χ2n) is 5.34. The molecule has 1 fully saturated rings. The van der Waals surface area contributed by atoms with Gasteiger partial charge in [0.05, 0.1) is 5.92 Å². The van der Waals surface area contributed by atoms with Crippen LogP contribution in [0.1, 0.15) is 41.6 Å². The van der Waals surface area contributed by atoms with Crippen molar-refractivity contribution in [1.82, 2.24) is 5.32 Å². The van der Waals surface area contributed by atoms with E-state index in [1.54, 1.807) is 24.3 Å². The van der Waals surface area contributed by atoms with Gasteiger partial charge in [0.2, 0.25) is 0 Å². The van der Waals surface area contributed by atoms with E-state index < -0.39 is 24.0 Å². The average molecular weight is 364 g/mol. The summed E-state index contributed by atoms with van der Waals surface area (Å²) in [6.45, 7) is 0. The zero-order valence-corrected chi connectivity index (χ0v) is 13.0. The van der Waals surface area contributed by atoms with Gasteiger partial charge in [-0.05, 0) is 30.5 Å². The van der Waals surface area contributed by atoms with Gasteiger partial charge in [-0.15, -0.1) is 0 Å². The second kappa shape index (κ2) is 6.81. The first kappa shape index (κ1) is 16.3. The number of alkyl halides is 4. The van der Waals surface area contributed by atoms with E-state index >= 15 is 0 Å². The van der Waals surface area contributed by atoms with Crippen molar-refractivity contribution in [3.8, 4) is 0 Å². The summed E-state index contributed by atoms with van der Waals surface area (Å²) in [5.41, 5.74) is 1.41. The first-order chi connectivity index (χ1) is 9.91. The van der Waals surface area contributed by atoms with Gasteiger partial charge in [-0.3, -0.25) is 4.79 Å². The van der Waals surface area contributed by atoms with Crippen molar-refractivity contribution in [2.24, 2.45) is 5.92 Å². The monoisotopic (exact) mass is 363 g/mol. The van der Waals surface area contributed by atoms with Crippen molar-refractivity contribution in [3.63, 3.8) is 0 Å². The molecule has 0 spiro atoms. The van der Waals surface area contributed by atoms with Gasteiger partial charge in [0.25, 0.3) is 5.91 Å². The van der Waals surface area contributed by atoms with Crippen LogP contribution in [0.5, 0.6) is 0 Å². The second-order valence-corrected chi connectivity index (χ2v) is 5.90. The molecular formula is C15H17BrF3NO. The summed E-state index contributed by atoms with van der Waals surface area (Å²) in [7, 11) is 0. The lowest BCUT2D eigenvalue weighted by Crippen LogP contribution is -2.47. The lowest BCUT2D eigenvalue weighted by Gasteiger charge is -2.33. The van der Waals surface area contributed by atoms with E-state index in [-0.39, 0.29) is 6.42 Å². The van der Waals surface area contributed by atoms with Crippen LogP contribution in [0, 0.1) is 5.92 Å². The van der Waals surface area contributed by atoms with Crippen LogP contribution in [0.15, 0.2) is 24.3 Å². The Kier molecular flexibility index (Phi) is 5.30. The van der Waals surface area contributed by atoms with Crippen LogP contribution in [0.2, 0.25) is 0 Å². The summed E-state index contributed by atoms with van der Waals surface area (Å²) in [6.07, 6.45) is -2.49. The Balaban J connectivity index is 2.05. The van der Waals surface area contributed by atoms with Crippen LogP contribution in [-0.4, -0.2) is 18.1 Å². The van der Waals surface area contributed by atoms with E-state index in [2.05, 4.69) is 21.2 Å². The molecule has 1 aromatic rings. The van der Waals surface area contributed by atoms with Crippen molar-refractivity contribution in [2.45, 2.75) is 43.2 Å². The molecule has 0 bridgehead atoms. The Hall–Kier alpha value is -1.04. The highest BCUT2D eigenvalue weighted by Crippen LogP contribution is 2.37. The number of hydrogen-bond donors (Lipinski definition) is 1. The fourth-order valence-electron chi connectivity index (χ4n) is 2.69. The molecule has 1 amide bonds. The van der Waals surface area contributed by atoms with Crippen molar-refractivity contribution < 1.29 is 18.0 Å². The Morgan fingerprint density at radius 2 is 1.81 bits per heavy atom. The fourth-order valence-corrected chi connectivity index (χ4v) is 3.07. The predicted octanol–water partition coefficient (Wildman–Crippen LogP) is 4.43. The molecule has 1 saturated carbocycles. The van der Waals surface area contributed by atoms with Crippen LogP contribution in [0.4, 0.5) is 13.2 Å². The Morgan fingerprint density at radius 1 is 1.19 bits per heavy atom. The minimum absolute atomic E-state index is 0.0942. The molecule has 1 aliphatic carbocycles. The number of rotatable bonds is 3. The zero-order valence-electron chi connectivity index (χ0n) is 11.4. The maximum absolute atomic E-state index is 13.0. The molecule has 6 heteroatoms. The molecule has 116 valence electrons. The third-order valence-electron chi connectivity index (χ3n) is 3.87. The van der Waals surface area contributed by atoms with Crippen molar-refractivity contribution in [1.29, 1.82) is 0 Å². The van der Waals surface area contributed by atoms with E-state index in [0.717, 1.165) is 12.0 Å². The van der Waals surface area contributed by atoms with Gasteiger partial charge in [-0.1, -0.05) is 40.9 Å². The molecule has 0 aromatic heterocycles. The van der Waals surface area contributed by atoms with Gasteiger partial charge >= 0.3 is 6.18 Å². The number of carbonyl (C=O) groups is 1. The maximum atomic E-state index is 13.0. The van der Waals surface area contributed by atoms with Crippen molar-refractivity contribution >= 4 is 21.8 Å². The van der Waals surface area contributed by atoms with Gasteiger partial charge in [0.1, 0.15) is 0 Å². The summed E-state index contributed by atoms with van der Waals surface area (Å²) >= 11 is 3.30. The summed E-state index contributed by atoms with van der Waals surface area (Å²) in [5, 5.41) is 3.23. The highest BCUT2D eigenvalue weighted by atomic mass is 79.9. The molecule has 2 unspecified atom stereocenters. The quantitative estimate of drug-likeness (QED) is 0.790. The first-order valence-electron chi connectivity index (χ1n) is 6.94. The predicted molar refractivity (Wildman–Crippen MR) is 78.3 cm³/mol. The highest BCUT2D eigenvalue weighted by molar-refractivity contribution is 9.08. The molecule has 1 N–H and O–H groups in total.